The molecular formula is C16H21N3O3S. The van der Waals surface area contributed by atoms with Crippen LogP contribution in [0.25, 0.3) is 0 Å². The van der Waals surface area contributed by atoms with E-state index in [2.05, 4.69) is 10.3 Å². The van der Waals surface area contributed by atoms with Crippen LogP contribution in [-0.2, 0) is 11.2 Å². The van der Waals surface area contributed by atoms with Crippen molar-refractivity contribution < 1.29 is 14.3 Å². The van der Waals surface area contributed by atoms with Gasteiger partial charge in [0.05, 0.1) is 11.6 Å². The summed E-state index contributed by atoms with van der Waals surface area (Å²) in [5, 5.41) is 5.49. The zero-order valence-corrected chi connectivity index (χ0v) is 14.1. The summed E-state index contributed by atoms with van der Waals surface area (Å²) >= 11 is 1.45. The van der Waals surface area contributed by atoms with E-state index in [1.54, 1.807) is 12.5 Å². The molecule has 6 nitrogen and oxygen atoms in total. The maximum absolute atomic E-state index is 12.2. The first kappa shape index (κ1) is 17.4. The molecule has 0 aliphatic heterocycles. The highest BCUT2D eigenvalue weighted by atomic mass is 32.1. The number of benzene rings is 1. The maximum Gasteiger partial charge on any atom is 0.275 e. The van der Waals surface area contributed by atoms with Crippen molar-refractivity contribution in [2.24, 2.45) is 5.73 Å². The van der Waals surface area contributed by atoms with Crippen LogP contribution in [-0.4, -0.2) is 37.8 Å². The van der Waals surface area contributed by atoms with Gasteiger partial charge >= 0.3 is 0 Å². The predicted molar refractivity (Wildman–Crippen MR) is 91.4 cm³/mol. The number of ether oxygens (including phenoxy) is 2. The molecule has 0 spiro atoms. The smallest absolute Gasteiger partial charge is 0.275 e. The number of nitrogens with two attached hydrogens (primary N) is 1. The van der Waals surface area contributed by atoms with E-state index in [-0.39, 0.29) is 5.91 Å². The van der Waals surface area contributed by atoms with E-state index in [0.29, 0.717) is 31.9 Å². The number of anilines is 1. The molecule has 0 fully saturated rings. The van der Waals surface area contributed by atoms with Crippen LogP contribution in [0.5, 0.6) is 5.75 Å². The second-order valence-electron chi connectivity index (χ2n) is 4.94. The van der Waals surface area contributed by atoms with Crippen LogP contribution in [0.3, 0.4) is 0 Å². The average Bonchev–Trinajstić information content (AvgIpc) is 2.99. The maximum atomic E-state index is 12.2. The van der Waals surface area contributed by atoms with Gasteiger partial charge in [-0.15, -0.1) is 11.3 Å². The van der Waals surface area contributed by atoms with E-state index >= 15 is 0 Å². The summed E-state index contributed by atoms with van der Waals surface area (Å²) in [6, 6.07) is 5.52. The minimum atomic E-state index is -0.222. The summed E-state index contributed by atoms with van der Waals surface area (Å²) in [6.07, 6.45) is 0.685. The lowest BCUT2D eigenvalue weighted by Crippen LogP contribution is -2.13. The van der Waals surface area contributed by atoms with Gasteiger partial charge in [-0.25, -0.2) is 4.98 Å². The fourth-order valence-corrected chi connectivity index (χ4v) is 2.74. The summed E-state index contributed by atoms with van der Waals surface area (Å²) in [5.74, 6) is 0.525. The van der Waals surface area contributed by atoms with Crippen molar-refractivity contribution in [2.75, 3.05) is 32.2 Å². The molecule has 0 saturated carbocycles. The SMILES string of the molecule is COCCOc1ccc(NC(=O)c2csc(CCN)n2)c(C)c1. The zero-order chi connectivity index (χ0) is 16.7. The Morgan fingerprint density at radius 1 is 1.39 bits per heavy atom. The summed E-state index contributed by atoms with van der Waals surface area (Å²) < 4.78 is 10.5. The van der Waals surface area contributed by atoms with Gasteiger partial charge in [-0.2, -0.15) is 0 Å². The molecule has 0 aliphatic rings. The van der Waals surface area contributed by atoms with Crippen molar-refractivity contribution in [2.45, 2.75) is 13.3 Å². The topological polar surface area (TPSA) is 86.5 Å². The number of hydrogen-bond donors (Lipinski definition) is 2. The van der Waals surface area contributed by atoms with Gasteiger partial charge in [0.1, 0.15) is 18.1 Å². The van der Waals surface area contributed by atoms with E-state index in [1.807, 2.05) is 25.1 Å². The Bertz CT molecular complexity index is 658. The second-order valence-corrected chi connectivity index (χ2v) is 5.88. The highest BCUT2D eigenvalue weighted by Crippen LogP contribution is 2.22. The number of carbonyl (C=O) groups excluding carboxylic acids is 1. The van der Waals surface area contributed by atoms with Crippen molar-refractivity contribution in [3.8, 4) is 5.75 Å². The Kier molecular flexibility index (Phi) is 6.52. The molecular weight excluding hydrogens is 314 g/mol. The second kappa shape index (κ2) is 8.61. The van der Waals surface area contributed by atoms with Gasteiger partial charge in [-0.05, 0) is 37.2 Å². The first-order chi connectivity index (χ1) is 11.1. The number of aryl methyl sites for hydroxylation is 1. The number of carbonyl (C=O) groups is 1. The molecule has 1 amide bonds. The highest BCUT2D eigenvalue weighted by Gasteiger charge is 2.12. The van der Waals surface area contributed by atoms with Crippen LogP contribution in [0.1, 0.15) is 21.1 Å². The third kappa shape index (κ3) is 5.02. The summed E-state index contributed by atoms with van der Waals surface area (Å²) in [6.45, 7) is 3.47. The number of methoxy groups -OCH3 is 1. The van der Waals surface area contributed by atoms with Crippen molar-refractivity contribution in [1.29, 1.82) is 0 Å². The van der Waals surface area contributed by atoms with E-state index in [1.165, 1.54) is 11.3 Å². The molecule has 0 radical (unpaired) electrons. The first-order valence-electron chi connectivity index (χ1n) is 7.32. The minimum Gasteiger partial charge on any atom is -0.491 e. The monoisotopic (exact) mass is 335 g/mol. The van der Waals surface area contributed by atoms with Gasteiger partial charge in [0, 0.05) is 24.6 Å². The van der Waals surface area contributed by atoms with E-state index < -0.39 is 0 Å². The number of hydrogen-bond acceptors (Lipinski definition) is 6. The van der Waals surface area contributed by atoms with Crippen LogP contribution in [0.2, 0.25) is 0 Å². The molecule has 0 atom stereocenters. The Balaban J connectivity index is 1.99. The van der Waals surface area contributed by atoms with Crippen molar-refractivity contribution in [3.05, 3.63) is 39.8 Å². The molecule has 23 heavy (non-hydrogen) atoms. The molecule has 0 unspecified atom stereocenters. The van der Waals surface area contributed by atoms with E-state index in [4.69, 9.17) is 15.2 Å². The standard InChI is InChI=1S/C16H21N3O3S/c1-11-9-12(22-8-7-21-2)3-4-13(11)19-16(20)14-10-23-15(18-14)5-6-17/h3-4,9-10H,5-8,17H2,1-2H3,(H,19,20). The largest absolute Gasteiger partial charge is 0.491 e. The van der Waals surface area contributed by atoms with Crippen LogP contribution < -0.4 is 15.8 Å². The normalized spacial score (nSPS) is 10.6. The lowest BCUT2D eigenvalue weighted by atomic mass is 10.2. The van der Waals surface area contributed by atoms with Gasteiger partial charge in [0.2, 0.25) is 0 Å². The van der Waals surface area contributed by atoms with Gasteiger partial charge in [-0.1, -0.05) is 0 Å². The first-order valence-corrected chi connectivity index (χ1v) is 8.20. The molecule has 1 aromatic heterocycles. The Labute approximate surface area is 139 Å². The van der Waals surface area contributed by atoms with Gasteiger partial charge < -0.3 is 20.5 Å². The van der Waals surface area contributed by atoms with Crippen molar-refractivity contribution in [1.82, 2.24) is 4.98 Å². The van der Waals surface area contributed by atoms with Crippen LogP contribution >= 0.6 is 11.3 Å². The third-order valence-corrected chi connectivity index (χ3v) is 4.05. The number of nitrogens with one attached hydrogen (secondary N) is 1. The van der Waals surface area contributed by atoms with E-state index in [0.717, 1.165) is 22.0 Å². The van der Waals surface area contributed by atoms with Gasteiger partial charge in [0.25, 0.3) is 5.91 Å². The zero-order valence-electron chi connectivity index (χ0n) is 13.3. The fourth-order valence-electron chi connectivity index (χ4n) is 1.95. The summed E-state index contributed by atoms with van der Waals surface area (Å²) in [4.78, 5) is 16.5. The third-order valence-electron chi connectivity index (χ3n) is 3.14. The molecule has 0 saturated heterocycles. The summed E-state index contributed by atoms with van der Waals surface area (Å²) in [7, 11) is 1.63. The molecule has 2 rings (SSSR count). The van der Waals surface area contributed by atoms with Crippen LogP contribution in [0.15, 0.2) is 23.6 Å². The molecule has 0 bridgehead atoms. The number of thiazole rings is 1. The number of amides is 1. The number of aromatic nitrogens is 1. The molecule has 0 aliphatic carbocycles. The Morgan fingerprint density at radius 3 is 2.91 bits per heavy atom. The van der Waals surface area contributed by atoms with Crippen molar-refractivity contribution >= 4 is 22.9 Å². The van der Waals surface area contributed by atoms with Crippen LogP contribution in [0, 0.1) is 6.92 Å². The quantitative estimate of drug-likeness (QED) is 0.723. The van der Waals surface area contributed by atoms with Gasteiger partial charge in [-0.3, -0.25) is 4.79 Å². The molecule has 7 heteroatoms. The lowest BCUT2D eigenvalue weighted by Gasteiger charge is -2.10. The minimum absolute atomic E-state index is 0.222. The van der Waals surface area contributed by atoms with Gasteiger partial charge in [0.15, 0.2) is 0 Å². The highest BCUT2D eigenvalue weighted by molar-refractivity contribution is 7.09. The number of nitrogens with zero attached hydrogens (tertiary/aromatic N) is 1. The summed E-state index contributed by atoms with van der Waals surface area (Å²) in [5.41, 5.74) is 7.57. The Hall–Kier alpha value is -1.96. The number of rotatable bonds is 8. The molecule has 3 N–H and O–H groups in total. The molecule has 1 aromatic carbocycles. The average molecular weight is 335 g/mol. The fraction of sp³-hybridized carbons (Fsp3) is 0.375. The predicted octanol–water partition coefficient (Wildman–Crippen LogP) is 2.23. The molecule has 1 heterocycles. The molecule has 124 valence electrons. The van der Waals surface area contributed by atoms with Crippen molar-refractivity contribution in [3.63, 3.8) is 0 Å². The van der Waals surface area contributed by atoms with Crippen LogP contribution in [0.4, 0.5) is 5.69 Å². The lowest BCUT2D eigenvalue weighted by molar-refractivity contribution is 0.102. The Morgan fingerprint density at radius 2 is 2.22 bits per heavy atom. The molecule has 2 aromatic rings. The van der Waals surface area contributed by atoms with E-state index in [9.17, 15) is 4.79 Å².